The van der Waals surface area contributed by atoms with Gasteiger partial charge in [-0.05, 0) is 37.0 Å². The molecule has 1 aromatic rings. The summed E-state index contributed by atoms with van der Waals surface area (Å²) in [7, 11) is 0. The summed E-state index contributed by atoms with van der Waals surface area (Å²) in [4.78, 5) is 10.9. The minimum atomic E-state index is -1.16. The second-order valence-electron chi connectivity index (χ2n) is 4.41. The van der Waals surface area contributed by atoms with Gasteiger partial charge in [0.05, 0.1) is 6.61 Å². The van der Waals surface area contributed by atoms with Crippen molar-refractivity contribution in [1.29, 1.82) is 0 Å². The summed E-state index contributed by atoms with van der Waals surface area (Å²) < 4.78 is 18.4. The molecule has 1 aromatic carbocycles. The molecule has 0 saturated heterocycles. The number of aromatic carboxylic acids is 1. The lowest BCUT2D eigenvalue weighted by Crippen LogP contribution is -2.11. The Labute approximate surface area is 99.2 Å². The molecule has 0 heterocycles. The summed E-state index contributed by atoms with van der Waals surface area (Å²) in [5.74, 6) is -0.964. The Morgan fingerprint density at radius 1 is 1.41 bits per heavy atom. The van der Waals surface area contributed by atoms with Crippen LogP contribution in [-0.4, -0.2) is 17.7 Å². The fourth-order valence-electron chi connectivity index (χ4n) is 2.18. The second-order valence-corrected chi connectivity index (χ2v) is 4.41. The van der Waals surface area contributed by atoms with Crippen LogP contribution in [0.3, 0.4) is 0 Å². The van der Waals surface area contributed by atoms with Crippen LogP contribution < -0.4 is 4.74 Å². The van der Waals surface area contributed by atoms with Crippen LogP contribution >= 0.6 is 0 Å². The van der Waals surface area contributed by atoms with Gasteiger partial charge in [-0.2, -0.15) is 0 Å². The van der Waals surface area contributed by atoms with Gasteiger partial charge >= 0.3 is 5.97 Å². The molecule has 92 valence electrons. The van der Waals surface area contributed by atoms with Gasteiger partial charge in [-0.1, -0.05) is 12.8 Å². The van der Waals surface area contributed by atoms with Crippen LogP contribution in [0.5, 0.6) is 5.75 Å². The van der Waals surface area contributed by atoms with E-state index in [4.69, 9.17) is 9.84 Å². The van der Waals surface area contributed by atoms with E-state index >= 15 is 0 Å². The Morgan fingerprint density at radius 3 is 2.76 bits per heavy atom. The van der Waals surface area contributed by atoms with Crippen LogP contribution in [0.2, 0.25) is 0 Å². The van der Waals surface area contributed by atoms with Crippen LogP contribution in [0, 0.1) is 11.7 Å². The lowest BCUT2D eigenvalue weighted by atomic mass is 10.1. The number of ether oxygens (including phenoxy) is 1. The predicted octanol–water partition coefficient (Wildman–Crippen LogP) is 3.09. The third-order valence-electron chi connectivity index (χ3n) is 3.12. The van der Waals surface area contributed by atoms with E-state index in [9.17, 15) is 9.18 Å². The number of carboxylic acid groups (broad SMARTS) is 1. The van der Waals surface area contributed by atoms with E-state index in [-0.39, 0.29) is 11.3 Å². The molecular weight excluding hydrogens is 223 g/mol. The lowest BCUT2D eigenvalue weighted by molar-refractivity contribution is 0.0690. The third kappa shape index (κ3) is 2.96. The molecule has 3 nitrogen and oxygen atoms in total. The van der Waals surface area contributed by atoms with Gasteiger partial charge in [0.2, 0.25) is 0 Å². The van der Waals surface area contributed by atoms with Crippen LogP contribution in [-0.2, 0) is 0 Å². The highest BCUT2D eigenvalue weighted by Crippen LogP contribution is 2.27. The summed E-state index contributed by atoms with van der Waals surface area (Å²) in [5, 5.41) is 8.94. The fraction of sp³-hybridized carbons (Fsp3) is 0.462. The minimum absolute atomic E-state index is 0.108. The first-order valence-electron chi connectivity index (χ1n) is 5.82. The van der Waals surface area contributed by atoms with Gasteiger partial charge in [0.15, 0.2) is 0 Å². The summed E-state index contributed by atoms with van der Waals surface area (Å²) in [6, 6.07) is 3.59. The molecule has 0 aromatic heterocycles. The van der Waals surface area contributed by atoms with Gasteiger partial charge in [-0.15, -0.1) is 0 Å². The van der Waals surface area contributed by atoms with E-state index in [2.05, 4.69) is 0 Å². The van der Waals surface area contributed by atoms with Crippen molar-refractivity contribution in [1.82, 2.24) is 0 Å². The van der Waals surface area contributed by atoms with Crippen LogP contribution in [0.25, 0.3) is 0 Å². The zero-order chi connectivity index (χ0) is 12.3. The highest BCUT2D eigenvalue weighted by atomic mass is 19.1. The van der Waals surface area contributed by atoms with Gasteiger partial charge in [0.25, 0.3) is 0 Å². The maximum Gasteiger partial charge on any atom is 0.339 e. The van der Waals surface area contributed by atoms with E-state index < -0.39 is 11.8 Å². The zero-order valence-corrected chi connectivity index (χ0v) is 9.49. The number of carbonyl (C=O) groups is 1. The molecular formula is C13H15FO3. The van der Waals surface area contributed by atoms with Crippen molar-refractivity contribution in [3.8, 4) is 5.75 Å². The number of rotatable bonds is 4. The van der Waals surface area contributed by atoms with Gasteiger partial charge in [-0.3, -0.25) is 0 Å². The number of carboxylic acids is 1. The first-order chi connectivity index (χ1) is 8.16. The van der Waals surface area contributed by atoms with E-state index in [1.54, 1.807) is 0 Å². The molecule has 1 aliphatic rings. The third-order valence-corrected chi connectivity index (χ3v) is 3.12. The van der Waals surface area contributed by atoms with Gasteiger partial charge < -0.3 is 9.84 Å². The standard InChI is InChI=1S/C13H15FO3/c14-10-5-6-12(11(7-10)13(15)16)17-8-9-3-1-2-4-9/h5-7,9H,1-4,8H2,(H,15,16). The topological polar surface area (TPSA) is 46.5 Å². The molecule has 0 radical (unpaired) electrons. The Bertz CT molecular complexity index is 411. The summed E-state index contributed by atoms with van der Waals surface area (Å²) in [6.07, 6.45) is 4.68. The molecule has 1 N–H and O–H groups in total. The number of hydrogen-bond acceptors (Lipinski definition) is 2. The van der Waals surface area contributed by atoms with Crippen molar-refractivity contribution in [2.45, 2.75) is 25.7 Å². The van der Waals surface area contributed by atoms with Crippen molar-refractivity contribution >= 4 is 5.97 Å². The molecule has 0 aliphatic heterocycles. The fourth-order valence-corrected chi connectivity index (χ4v) is 2.18. The summed E-state index contributed by atoms with van der Waals surface area (Å²) in [5.41, 5.74) is -0.108. The quantitative estimate of drug-likeness (QED) is 0.876. The average Bonchev–Trinajstić information content (AvgIpc) is 2.80. The van der Waals surface area contributed by atoms with Gasteiger partial charge in [-0.25, -0.2) is 9.18 Å². The van der Waals surface area contributed by atoms with E-state index in [0.717, 1.165) is 18.9 Å². The molecule has 0 bridgehead atoms. The van der Waals surface area contributed by atoms with Crippen LogP contribution in [0.1, 0.15) is 36.0 Å². The average molecular weight is 238 g/mol. The van der Waals surface area contributed by atoms with Crippen molar-refractivity contribution in [2.24, 2.45) is 5.92 Å². The zero-order valence-electron chi connectivity index (χ0n) is 9.49. The predicted molar refractivity (Wildman–Crippen MR) is 60.8 cm³/mol. The second kappa shape index (κ2) is 5.17. The van der Waals surface area contributed by atoms with Crippen molar-refractivity contribution in [3.63, 3.8) is 0 Å². The Hall–Kier alpha value is -1.58. The molecule has 2 rings (SSSR count). The maximum atomic E-state index is 12.9. The number of benzene rings is 1. The van der Waals surface area contributed by atoms with Crippen molar-refractivity contribution in [2.75, 3.05) is 6.61 Å². The molecule has 4 heteroatoms. The smallest absolute Gasteiger partial charge is 0.339 e. The molecule has 0 amide bonds. The van der Waals surface area contributed by atoms with E-state index in [1.807, 2.05) is 0 Å². The number of hydrogen-bond donors (Lipinski definition) is 1. The summed E-state index contributed by atoms with van der Waals surface area (Å²) >= 11 is 0. The maximum absolute atomic E-state index is 12.9. The van der Waals surface area contributed by atoms with Gasteiger partial charge in [0.1, 0.15) is 17.1 Å². The molecule has 1 fully saturated rings. The molecule has 17 heavy (non-hydrogen) atoms. The first-order valence-corrected chi connectivity index (χ1v) is 5.82. The molecule has 0 unspecified atom stereocenters. The Kier molecular flexibility index (Phi) is 3.61. The summed E-state index contributed by atoms with van der Waals surface area (Å²) in [6.45, 7) is 0.520. The molecule has 0 atom stereocenters. The number of halogens is 1. The largest absolute Gasteiger partial charge is 0.492 e. The normalized spacial score (nSPS) is 16.1. The molecule has 1 saturated carbocycles. The Morgan fingerprint density at radius 2 is 2.12 bits per heavy atom. The monoisotopic (exact) mass is 238 g/mol. The van der Waals surface area contributed by atoms with Crippen LogP contribution in [0.15, 0.2) is 18.2 Å². The van der Waals surface area contributed by atoms with E-state index in [0.29, 0.717) is 12.5 Å². The first kappa shape index (κ1) is 11.9. The molecule has 1 aliphatic carbocycles. The minimum Gasteiger partial charge on any atom is -0.492 e. The van der Waals surface area contributed by atoms with E-state index in [1.165, 1.54) is 25.0 Å². The molecule has 0 spiro atoms. The van der Waals surface area contributed by atoms with Crippen LogP contribution in [0.4, 0.5) is 4.39 Å². The van der Waals surface area contributed by atoms with Crippen molar-refractivity contribution < 1.29 is 19.0 Å². The highest BCUT2D eigenvalue weighted by molar-refractivity contribution is 5.90. The van der Waals surface area contributed by atoms with Crippen molar-refractivity contribution in [3.05, 3.63) is 29.6 Å². The Balaban J connectivity index is 2.06. The lowest BCUT2D eigenvalue weighted by Gasteiger charge is -2.13. The van der Waals surface area contributed by atoms with Gasteiger partial charge in [0, 0.05) is 0 Å². The SMILES string of the molecule is O=C(O)c1cc(F)ccc1OCC1CCCC1. The highest BCUT2D eigenvalue weighted by Gasteiger charge is 2.18.